The van der Waals surface area contributed by atoms with Gasteiger partial charge in [0.2, 0.25) is 0 Å². The van der Waals surface area contributed by atoms with Gasteiger partial charge in [-0.05, 0) is 87.5 Å². The number of para-hydroxylation sites is 2. The summed E-state index contributed by atoms with van der Waals surface area (Å²) >= 11 is 0. The first kappa shape index (κ1) is 31.5. The molecule has 0 radical (unpaired) electrons. The van der Waals surface area contributed by atoms with Crippen molar-refractivity contribution in [2.45, 2.75) is 117 Å². The smallest absolute Gasteiger partial charge is 0.0665 e. The molecule has 0 fully saturated rings. The maximum absolute atomic E-state index is 5.13. The highest BCUT2D eigenvalue weighted by Crippen LogP contribution is 2.23. The van der Waals surface area contributed by atoms with Gasteiger partial charge < -0.3 is 0 Å². The van der Waals surface area contributed by atoms with Crippen molar-refractivity contribution in [2.75, 3.05) is 0 Å². The van der Waals surface area contributed by atoms with E-state index in [-0.39, 0.29) is 0 Å². The predicted molar refractivity (Wildman–Crippen MR) is 171 cm³/mol. The third kappa shape index (κ3) is 13.7. The van der Waals surface area contributed by atoms with Crippen molar-refractivity contribution < 1.29 is 0 Å². The van der Waals surface area contributed by atoms with E-state index in [0.717, 1.165) is 74.9 Å². The Morgan fingerprint density at radius 3 is 1.61 bits per heavy atom. The molecule has 0 aromatic heterocycles. The van der Waals surface area contributed by atoms with Crippen molar-refractivity contribution in [2.24, 2.45) is 9.98 Å². The monoisotopic (exact) mass is 512 g/mol. The molecule has 0 atom stereocenters. The van der Waals surface area contributed by atoms with Crippen LogP contribution in [0.1, 0.15) is 115 Å². The molecule has 2 nitrogen and oxygen atoms in total. The lowest BCUT2D eigenvalue weighted by atomic mass is 10.1. The fourth-order valence-electron chi connectivity index (χ4n) is 4.42. The lowest BCUT2D eigenvalue weighted by molar-refractivity contribution is 0.802. The number of hydrogen-bond donors (Lipinski definition) is 0. The quantitative estimate of drug-likeness (QED) is 0.0957. The van der Waals surface area contributed by atoms with Crippen LogP contribution in [0.4, 0.5) is 11.4 Å². The van der Waals surface area contributed by atoms with E-state index in [4.69, 9.17) is 9.98 Å². The Hall–Kier alpha value is -2.74. The molecule has 0 heterocycles. The second-order valence-electron chi connectivity index (χ2n) is 10.2. The zero-order valence-corrected chi connectivity index (χ0v) is 24.5. The molecular weight excluding hydrogens is 460 g/mol. The molecule has 0 amide bonds. The number of unbranched alkanes of at least 4 members (excludes halogenated alkanes) is 7. The lowest BCUT2D eigenvalue weighted by Crippen LogP contribution is -2.00. The molecule has 2 aromatic carbocycles. The molecular formula is C36H52N2. The molecule has 0 saturated heterocycles. The van der Waals surface area contributed by atoms with Crippen LogP contribution in [0.25, 0.3) is 0 Å². The van der Waals surface area contributed by atoms with E-state index < -0.39 is 0 Å². The van der Waals surface area contributed by atoms with Gasteiger partial charge in [-0.15, -0.1) is 0 Å². The second kappa shape index (κ2) is 21.2. The maximum Gasteiger partial charge on any atom is 0.0665 e. The Labute approximate surface area is 234 Å². The Kier molecular flexibility index (Phi) is 17.6. The number of aryl methyl sites for hydroxylation is 2. The van der Waals surface area contributed by atoms with E-state index in [2.05, 4.69) is 93.6 Å². The fourth-order valence-corrected chi connectivity index (χ4v) is 4.42. The average molecular weight is 513 g/mol. The number of benzene rings is 2. The molecule has 0 aliphatic carbocycles. The van der Waals surface area contributed by atoms with E-state index in [1.165, 1.54) is 49.7 Å². The maximum atomic E-state index is 5.13. The first-order valence-electron chi connectivity index (χ1n) is 15.4. The number of hydrogen-bond acceptors (Lipinski definition) is 2. The van der Waals surface area contributed by atoms with Gasteiger partial charge in [0.25, 0.3) is 0 Å². The molecule has 0 unspecified atom stereocenters. The molecule has 206 valence electrons. The summed E-state index contributed by atoms with van der Waals surface area (Å²) in [5.74, 6) is 0. The summed E-state index contributed by atoms with van der Waals surface area (Å²) in [6, 6.07) is 17.2. The van der Waals surface area contributed by atoms with Crippen LogP contribution in [0.5, 0.6) is 0 Å². The van der Waals surface area contributed by atoms with Gasteiger partial charge in [-0.25, -0.2) is 0 Å². The number of aliphatic imine (C=N–C) groups is 2. The van der Waals surface area contributed by atoms with E-state index in [1.807, 2.05) is 6.21 Å². The van der Waals surface area contributed by atoms with E-state index in [9.17, 15) is 0 Å². The molecule has 0 aliphatic rings. The lowest BCUT2D eigenvalue weighted by Gasteiger charge is -2.08. The van der Waals surface area contributed by atoms with Crippen molar-refractivity contribution in [3.8, 4) is 0 Å². The van der Waals surface area contributed by atoms with Crippen LogP contribution >= 0.6 is 0 Å². The van der Waals surface area contributed by atoms with Crippen LogP contribution in [-0.2, 0) is 12.8 Å². The highest BCUT2D eigenvalue weighted by Gasteiger charge is 2.05. The molecule has 2 aromatic rings. The number of nitrogens with zero attached hydrogens (tertiary/aromatic N) is 2. The van der Waals surface area contributed by atoms with Crippen LogP contribution in [0.15, 0.2) is 82.8 Å². The summed E-state index contributed by atoms with van der Waals surface area (Å²) in [6.07, 6.45) is 28.9. The van der Waals surface area contributed by atoms with Crippen LogP contribution in [-0.4, -0.2) is 11.9 Å². The van der Waals surface area contributed by atoms with Gasteiger partial charge in [0.1, 0.15) is 0 Å². The van der Waals surface area contributed by atoms with Gasteiger partial charge in [0.05, 0.1) is 17.1 Å². The van der Waals surface area contributed by atoms with Gasteiger partial charge >= 0.3 is 0 Å². The molecule has 38 heavy (non-hydrogen) atoms. The topological polar surface area (TPSA) is 24.7 Å². The zero-order chi connectivity index (χ0) is 27.1. The standard InChI is InChI=1S/C36H52N2/c1-4-7-10-12-14-16-18-24-32-26-20-22-29-35(32)37-31-34(28-9-6-3)38-36-30-23-21-27-33(36)25-19-17-15-13-11-8-5-2/h12-15,20-23,26-27,29-31H,4-11,16-19,24-25,28H2,1-3H3. The van der Waals surface area contributed by atoms with E-state index in [1.54, 1.807) is 0 Å². The van der Waals surface area contributed by atoms with Gasteiger partial charge in [-0.3, -0.25) is 9.98 Å². The molecule has 0 saturated carbocycles. The normalized spacial score (nSPS) is 12.4. The predicted octanol–water partition coefficient (Wildman–Crippen LogP) is 11.5. The first-order valence-corrected chi connectivity index (χ1v) is 15.4. The minimum atomic E-state index is 0.958. The van der Waals surface area contributed by atoms with Crippen LogP contribution < -0.4 is 0 Å². The molecule has 0 N–H and O–H groups in total. The Bertz CT molecular complexity index is 996. The highest BCUT2D eigenvalue weighted by atomic mass is 14.8. The summed E-state index contributed by atoms with van der Waals surface area (Å²) in [4.78, 5) is 10.1. The van der Waals surface area contributed by atoms with Gasteiger partial charge in [-0.2, -0.15) is 0 Å². The third-order valence-electron chi connectivity index (χ3n) is 6.80. The summed E-state index contributed by atoms with van der Waals surface area (Å²) in [5, 5.41) is 0. The van der Waals surface area contributed by atoms with Crippen molar-refractivity contribution >= 4 is 23.3 Å². The van der Waals surface area contributed by atoms with E-state index >= 15 is 0 Å². The fraction of sp³-hybridized carbons (Fsp3) is 0.500. The van der Waals surface area contributed by atoms with Crippen molar-refractivity contribution in [3.63, 3.8) is 0 Å². The summed E-state index contributed by atoms with van der Waals surface area (Å²) in [5.41, 5.74) is 5.92. The van der Waals surface area contributed by atoms with Gasteiger partial charge in [0, 0.05) is 6.21 Å². The molecule has 2 heteroatoms. The van der Waals surface area contributed by atoms with Gasteiger partial charge in [0.15, 0.2) is 0 Å². The minimum Gasteiger partial charge on any atom is -0.255 e. The Morgan fingerprint density at radius 2 is 1.05 bits per heavy atom. The van der Waals surface area contributed by atoms with Crippen molar-refractivity contribution in [3.05, 3.63) is 84.0 Å². The molecule has 0 bridgehead atoms. The molecule has 2 rings (SSSR count). The van der Waals surface area contributed by atoms with Crippen LogP contribution in [0.2, 0.25) is 0 Å². The summed E-state index contributed by atoms with van der Waals surface area (Å²) in [7, 11) is 0. The van der Waals surface area contributed by atoms with Crippen LogP contribution in [0.3, 0.4) is 0 Å². The number of allylic oxidation sites excluding steroid dienone is 4. The van der Waals surface area contributed by atoms with Crippen molar-refractivity contribution in [1.29, 1.82) is 0 Å². The summed E-state index contributed by atoms with van der Waals surface area (Å²) < 4.78 is 0. The zero-order valence-electron chi connectivity index (χ0n) is 24.5. The van der Waals surface area contributed by atoms with Gasteiger partial charge in [-0.1, -0.05) is 114 Å². The van der Waals surface area contributed by atoms with Crippen molar-refractivity contribution in [1.82, 2.24) is 0 Å². The SMILES string of the molecule is CCCCC=CCCCc1ccccc1N=CC(CCCC)=Nc1ccccc1CCCC=CCCCC. The largest absolute Gasteiger partial charge is 0.255 e. The second-order valence-corrected chi connectivity index (χ2v) is 10.2. The van der Waals surface area contributed by atoms with E-state index in [0.29, 0.717) is 0 Å². The molecule has 0 aliphatic heterocycles. The molecule has 0 spiro atoms. The average Bonchev–Trinajstić information content (AvgIpc) is 2.94. The third-order valence-corrected chi connectivity index (χ3v) is 6.80. The Morgan fingerprint density at radius 1 is 0.579 bits per heavy atom. The minimum absolute atomic E-state index is 0.958. The highest BCUT2D eigenvalue weighted by molar-refractivity contribution is 6.31. The van der Waals surface area contributed by atoms with Crippen LogP contribution in [0, 0.1) is 0 Å². The Balaban J connectivity index is 2.07. The number of rotatable bonds is 20. The summed E-state index contributed by atoms with van der Waals surface area (Å²) in [6.45, 7) is 6.74. The first-order chi connectivity index (χ1) is 18.8.